The average Bonchev–Trinajstić information content (AvgIpc) is 3.52. The van der Waals surface area contributed by atoms with Gasteiger partial charge in [0.25, 0.3) is 0 Å². The number of carbonyl (C=O) groups excluding carboxylic acids is 2. The number of rotatable bonds is 9. The van der Waals surface area contributed by atoms with Gasteiger partial charge < -0.3 is 20.4 Å². The summed E-state index contributed by atoms with van der Waals surface area (Å²) in [5.41, 5.74) is -1.69. The summed E-state index contributed by atoms with van der Waals surface area (Å²) < 4.78 is 78.0. The number of likely N-dealkylation sites (tertiary alicyclic amines) is 1. The van der Waals surface area contributed by atoms with Crippen molar-refractivity contribution in [2.45, 2.75) is 51.0 Å². The molecular weight excluding hydrogens is 632 g/mol. The second-order valence-electron chi connectivity index (χ2n) is 11.3. The van der Waals surface area contributed by atoms with Crippen LogP contribution in [0.25, 0.3) is 0 Å². The summed E-state index contributed by atoms with van der Waals surface area (Å²) in [5.74, 6) is -0.294. The highest BCUT2D eigenvalue weighted by molar-refractivity contribution is 7.13. The van der Waals surface area contributed by atoms with Crippen LogP contribution in [0, 0.1) is 5.92 Å². The van der Waals surface area contributed by atoms with Crippen LogP contribution in [0.3, 0.4) is 0 Å². The first-order valence-electron chi connectivity index (χ1n) is 14.6. The summed E-state index contributed by atoms with van der Waals surface area (Å²) >= 11 is 1.39. The van der Waals surface area contributed by atoms with Gasteiger partial charge in [-0.05, 0) is 95.3 Å². The number of nitrogens with zero attached hydrogens (tertiary/aromatic N) is 3. The molecule has 14 heteroatoms. The maximum Gasteiger partial charge on any atom is 0.416 e. The molecule has 2 amide bonds. The van der Waals surface area contributed by atoms with E-state index in [0.717, 1.165) is 25.9 Å². The molecule has 46 heavy (non-hydrogen) atoms. The number of aromatic nitrogens is 1. The molecule has 1 aromatic heterocycles. The molecule has 2 N–H and O–H groups in total. The molecule has 7 nitrogen and oxygen atoms in total. The van der Waals surface area contributed by atoms with Crippen molar-refractivity contribution in [3.63, 3.8) is 0 Å². The second-order valence-corrected chi connectivity index (χ2v) is 12.2. The second kappa shape index (κ2) is 18.6. The molecular formula is C32H41F6N5O2S. The molecule has 0 saturated carbocycles. The van der Waals surface area contributed by atoms with E-state index >= 15 is 0 Å². The van der Waals surface area contributed by atoms with Crippen molar-refractivity contribution >= 4 is 28.8 Å². The number of nitrogens with one attached hydrogen (secondary N) is 2. The molecule has 0 radical (unpaired) electrons. The van der Waals surface area contributed by atoms with E-state index in [1.54, 1.807) is 18.5 Å². The van der Waals surface area contributed by atoms with Crippen LogP contribution < -0.4 is 10.6 Å². The summed E-state index contributed by atoms with van der Waals surface area (Å²) in [6.07, 6.45) is -4.97. The van der Waals surface area contributed by atoms with Gasteiger partial charge in [-0.2, -0.15) is 26.3 Å². The van der Waals surface area contributed by atoms with Crippen molar-refractivity contribution in [1.82, 2.24) is 20.1 Å². The Balaban J connectivity index is 0.000000514. The molecule has 2 heterocycles. The number of hydrogen-bond acceptors (Lipinski definition) is 6. The van der Waals surface area contributed by atoms with Crippen molar-refractivity contribution < 1.29 is 35.9 Å². The number of alkyl halides is 6. The highest BCUT2D eigenvalue weighted by atomic mass is 32.1. The molecule has 1 saturated heterocycles. The molecule has 3 aromatic rings. The number of benzene rings is 2. The van der Waals surface area contributed by atoms with Crippen molar-refractivity contribution in [2.24, 2.45) is 5.92 Å². The van der Waals surface area contributed by atoms with E-state index in [0.29, 0.717) is 42.6 Å². The molecule has 2 aromatic carbocycles. The van der Waals surface area contributed by atoms with Gasteiger partial charge >= 0.3 is 12.4 Å². The third-order valence-electron chi connectivity index (χ3n) is 6.91. The Labute approximate surface area is 270 Å². The fourth-order valence-corrected chi connectivity index (χ4v) is 5.04. The van der Waals surface area contributed by atoms with Crippen molar-refractivity contribution in [3.05, 3.63) is 82.4 Å². The summed E-state index contributed by atoms with van der Waals surface area (Å²) in [5, 5.41) is 7.33. The van der Waals surface area contributed by atoms with Gasteiger partial charge in [0.05, 0.1) is 11.1 Å². The van der Waals surface area contributed by atoms with Crippen LogP contribution in [0.15, 0.2) is 60.1 Å². The quantitative estimate of drug-likeness (QED) is 0.187. The number of anilines is 1. The molecule has 254 valence electrons. The van der Waals surface area contributed by atoms with Crippen LogP contribution in [0.5, 0.6) is 0 Å². The lowest BCUT2D eigenvalue weighted by Crippen LogP contribution is -2.36. The van der Waals surface area contributed by atoms with E-state index in [2.05, 4.69) is 32.7 Å². The monoisotopic (exact) mass is 673 g/mol. The lowest BCUT2D eigenvalue weighted by Gasteiger charge is -2.32. The van der Waals surface area contributed by atoms with Crippen molar-refractivity contribution in [1.29, 1.82) is 0 Å². The maximum atomic E-state index is 13.0. The van der Waals surface area contributed by atoms with Gasteiger partial charge in [-0.25, -0.2) is 4.98 Å². The number of amides is 2. The molecule has 0 bridgehead atoms. The minimum atomic E-state index is -4.92. The van der Waals surface area contributed by atoms with Gasteiger partial charge in [0.1, 0.15) is 0 Å². The van der Waals surface area contributed by atoms with E-state index in [1.165, 1.54) is 16.9 Å². The first kappa shape index (κ1) is 38.7. The summed E-state index contributed by atoms with van der Waals surface area (Å²) in [6, 6.07) is 11.7. The summed E-state index contributed by atoms with van der Waals surface area (Å²) in [4.78, 5) is 30.2. The highest BCUT2D eigenvalue weighted by Gasteiger charge is 2.37. The fraction of sp³-hybridized carbons (Fsp3) is 0.469. The highest BCUT2D eigenvalue weighted by Crippen LogP contribution is 2.36. The summed E-state index contributed by atoms with van der Waals surface area (Å²) in [6.45, 7) is 3.84. The number of piperidine rings is 1. The Kier molecular flexibility index (Phi) is 15.6. The predicted molar refractivity (Wildman–Crippen MR) is 168 cm³/mol. The van der Waals surface area contributed by atoms with E-state index in [1.807, 2.05) is 44.2 Å². The number of carbonyl (C=O) groups is 2. The first-order valence-corrected chi connectivity index (χ1v) is 15.5. The Hall–Kier alpha value is -3.49. The molecule has 1 fully saturated rings. The van der Waals surface area contributed by atoms with Crippen LogP contribution in [-0.4, -0.2) is 67.9 Å². The minimum absolute atomic E-state index is 0.0783. The molecule has 4 rings (SSSR count). The van der Waals surface area contributed by atoms with Gasteiger partial charge in [-0.3, -0.25) is 9.59 Å². The Morgan fingerprint density at radius 2 is 1.59 bits per heavy atom. The minimum Gasteiger partial charge on any atom is -0.352 e. The molecule has 0 aliphatic carbocycles. The van der Waals surface area contributed by atoms with Crippen molar-refractivity contribution in [2.75, 3.05) is 46.1 Å². The third kappa shape index (κ3) is 14.3. The zero-order valence-corrected chi connectivity index (χ0v) is 27.1. The largest absolute Gasteiger partial charge is 0.416 e. The van der Waals surface area contributed by atoms with Gasteiger partial charge in [0.2, 0.25) is 12.3 Å². The van der Waals surface area contributed by atoms with E-state index in [-0.39, 0.29) is 11.6 Å². The predicted octanol–water partition coefficient (Wildman–Crippen LogP) is 7.14. The Bertz CT molecular complexity index is 1280. The zero-order chi connectivity index (χ0) is 34.3. The fourth-order valence-electron chi connectivity index (χ4n) is 4.55. The van der Waals surface area contributed by atoms with Gasteiger partial charge in [-0.1, -0.05) is 37.3 Å². The summed E-state index contributed by atoms with van der Waals surface area (Å²) in [7, 11) is 6.00. The van der Waals surface area contributed by atoms with Gasteiger partial charge in [-0.15, -0.1) is 11.3 Å². The zero-order valence-electron chi connectivity index (χ0n) is 26.3. The normalized spacial score (nSPS) is 14.8. The van der Waals surface area contributed by atoms with Crippen LogP contribution >= 0.6 is 11.3 Å². The standard InChI is InChI=1S/C25H28F6N2O.C4H4N2OS.C3H9N/c1-17(7-10-33-11-8-20(9-12-33)19-5-3-2-4-6-19)23(34)32-16-18-13-21(24(26,27)28)15-22(14-18)25(29,30)31;7-3-6-4-5-1-2-8-4;1-4(2)3/h2-6,13-15,17,20H,7-12,16H2,1H3,(H,32,34);1-3H,(H,5,6,7);1-3H3. The number of hydrogen-bond donors (Lipinski definition) is 2. The molecule has 1 aliphatic rings. The van der Waals surface area contributed by atoms with Gasteiger partial charge in [0, 0.05) is 24.0 Å². The van der Waals surface area contributed by atoms with Crippen LogP contribution in [0.2, 0.25) is 0 Å². The molecule has 1 atom stereocenters. The smallest absolute Gasteiger partial charge is 0.352 e. The number of thiazole rings is 1. The lowest BCUT2D eigenvalue weighted by atomic mass is 9.89. The topological polar surface area (TPSA) is 77.6 Å². The van der Waals surface area contributed by atoms with Crippen LogP contribution in [0.1, 0.15) is 54.4 Å². The maximum absolute atomic E-state index is 13.0. The van der Waals surface area contributed by atoms with E-state index < -0.39 is 41.8 Å². The van der Waals surface area contributed by atoms with Crippen molar-refractivity contribution in [3.8, 4) is 0 Å². The van der Waals surface area contributed by atoms with Crippen LogP contribution in [-0.2, 0) is 28.5 Å². The average molecular weight is 674 g/mol. The molecule has 1 aliphatic heterocycles. The Morgan fingerprint density at radius 3 is 2.07 bits per heavy atom. The lowest BCUT2D eigenvalue weighted by molar-refractivity contribution is -0.143. The van der Waals surface area contributed by atoms with Gasteiger partial charge in [0.15, 0.2) is 5.13 Å². The van der Waals surface area contributed by atoms with E-state index in [9.17, 15) is 35.9 Å². The number of halogens is 6. The van der Waals surface area contributed by atoms with E-state index in [4.69, 9.17) is 0 Å². The Morgan fingerprint density at radius 1 is 1.02 bits per heavy atom. The SMILES string of the molecule is CC(CCN1CCC(c2ccccc2)CC1)C(=O)NCc1cc(C(F)(F)F)cc(C(F)(F)F)c1.CN(C)C.O=CNc1nccs1. The molecule has 1 unspecified atom stereocenters. The first-order chi connectivity index (χ1) is 21.6. The van der Waals surface area contributed by atoms with Crippen LogP contribution in [0.4, 0.5) is 31.5 Å². The third-order valence-corrected chi connectivity index (χ3v) is 7.62. The molecule has 0 spiro atoms.